The van der Waals surface area contributed by atoms with Crippen LogP contribution >= 0.6 is 11.5 Å². The largest absolute Gasteiger partial charge is 0.205 e. The van der Waals surface area contributed by atoms with Crippen molar-refractivity contribution in [1.29, 1.82) is 0 Å². The summed E-state index contributed by atoms with van der Waals surface area (Å²) < 4.78 is 6.02. The molecule has 2 rings (SSSR count). The van der Waals surface area contributed by atoms with Gasteiger partial charge in [-0.25, -0.2) is 4.57 Å². The van der Waals surface area contributed by atoms with E-state index in [1.807, 2.05) is 0 Å². The van der Waals surface area contributed by atoms with E-state index in [4.69, 9.17) is 0 Å². The van der Waals surface area contributed by atoms with Gasteiger partial charge in [-0.3, -0.25) is 0 Å². The molecule has 0 saturated heterocycles. The zero-order valence-electron chi connectivity index (χ0n) is 8.05. The molecule has 0 aliphatic rings. The van der Waals surface area contributed by atoms with Crippen molar-refractivity contribution in [3.05, 3.63) is 30.7 Å². The first-order chi connectivity index (χ1) is 6.90. The van der Waals surface area contributed by atoms with Crippen LogP contribution in [0.1, 0.15) is 13.3 Å². The van der Waals surface area contributed by atoms with Gasteiger partial charge >= 0.3 is 0 Å². The first-order valence-corrected chi connectivity index (χ1v) is 5.44. The fourth-order valence-electron chi connectivity index (χ4n) is 1.32. The van der Waals surface area contributed by atoms with E-state index < -0.39 is 0 Å². The molecule has 4 heteroatoms. The summed E-state index contributed by atoms with van der Waals surface area (Å²) in [6.07, 6.45) is 7.15. The SMILES string of the molecule is CCC[n+]1ccc(-c2cnns2)cc1. The summed E-state index contributed by atoms with van der Waals surface area (Å²) in [7, 11) is 0. The van der Waals surface area contributed by atoms with Crippen LogP contribution in [0.15, 0.2) is 30.7 Å². The monoisotopic (exact) mass is 206 g/mol. The Bertz CT molecular complexity index is 380. The summed E-state index contributed by atoms with van der Waals surface area (Å²) in [5.41, 5.74) is 1.19. The third-order valence-electron chi connectivity index (χ3n) is 2.02. The summed E-state index contributed by atoms with van der Waals surface area (Å²) in [5, 5.41) is 3.82. The van der Waals surface area contributed by atoms with E-state index in [1.165, 1.54) is 17.1 Å². The van der Waals surface area contributed by atoms with Crippen LogP contribution in [-0.4, -0.2) is 9.59 Å². The molecule has 0 unspecified atom stereocenters. The molecule has 0 aliphatic heterocycles. The quantitative estimate of drug-likeness (QED) is 0.718. The lowest BCUT2D eigenvalue weighted by atomic mass is 10.2. The smallest absolute Gasteiger partial charge is 0.169 e. The molecule has 2 heterocycles. The molecule has 0 spiro atoms. The molecular formula is C10H12N3S+. The second kappa shape index (κ2) is 4.28. The number of nitrogens with zero attached hydrogens (tertiary/aromatic N) is 3. The van der Waals surface area contributed by atoms with Crippen LogP contribution in [0.25, 0.3) is 10.4 Å². The average Bonchev–Trinajstić information content (AvgIpc) is 2.72. The topological polar surface area (TPSA) is 29.7 Å². The standard InChI is InChI=1S/C10H12N3S/c1-2-5-13-6-3-9(4-7-13)10-8-11-12-14-10/h3-4,6-8H,2,5H2,1H3/q+1. The predicted molar refractivity (Wildman–Crippen MR) is 55.8 cm³/mol. The highest BCUT2D eigenvalue weighted by atomic mass is 32.1. The highest BCUT2D eigenvalue weighted by molar-refractivity contribution is 7.09. The van der Waals surface area contributed by atoms with Gasteiger partial charge in [-0.1, -0.05) is 11.4 Å². The molecule has 0 aliphatic carbocycles. The normalized spacial score (nSPS) is 10.4. The zero-order chi connectivity index (χ0) is 9.80. The lowest BCUT2D eigenvalue weighted by molar-refractivity contribution is -0.696. The number of hydrogen-bond donors (Lipinski definition) is 0. The molecule has 0 bridgehead atoms. The Kier molecular flexibility index (Phi) is 2.84. The number of rotatable bonds is 3. The van der Waals surface area contributed by atoms with Gasteiger partial charge in [0, 0.05) is 24.1 Å². The van der Waals surface area contributed by atoms with E-state index in [-0.39, 0.29) is 0 Å². The molecule has 0 fully saturated rings. The van der Waals surface area contributed by atoms with Crippen molar-refractivity contribution in [2.75, 3.05) is 0 Å². The molecular weight excluding hydrogens is 194 g/mol. The van der Waals surface area contributed by atoms with Gasteiger partial charge in [-0.15, -0.1) is 5.10 Å². The van der Waals surface area contributed by atoms with Crippen molar-refractivity contribution in [3.63, 3.8) is 0 Å². The fourth-order valence-corrected chi connectivity index (χ4v) is 1.84. The van der Waals surface area contributed by atoms with E-state index >= 15 is 0 Å². The zero-order valence-corrected chi connectivity index (χ0v) is 8.87. The molecule has 2 aromatic heterocycles. The van der Waals surface area contributed by atoms with E-state index in [1.54, 1.807) is 6.20 Å². The summed E-state index contributed by atoms with van der Waals surface area (Å²) in [6.45, 7) is 3.25. The van der Waals surface area contributed by atoms with Crippen molar-refractivity contribution < 1.29 is 4.57 Å². The fraction of sp³-hybridized carbons (Fsp3) is 0.300. The van der Waals surface area contributed by atoms with Crippen molar-refractivity contribution >= 4 is 11.5 Å². The Hall–Kier alpha value is -1.29. The van der Waals surface area contributed by atoms with Gasteiger partial charge in [0.2, 0.25) is 0 Å². The second-order valence-electron chi connectivity index (χ2n) is 3.11. The van der Waals surface area contributed by atoms with Crippen LogP contribution in [0.4, 0.5) is 0 Å². The summed E-state index contributed by atoms with van der Waals surface area (Å²) >= 11 is 1.42. The Balaban J connectivity index is 2.22. The van der Waals surface area contributed by atoms with E-state index in [0.29, 0.717) is 0 Å². The molecule has 0 amide bonds. The maximum atomic E-state index is 3.84. The third kappa shape index (κ3) is 1.96. The molecule has 0 radical (unpaired) electrons. The van der Waals surface area contributed by atoms with E-state index in [2.05, 4.69) is 45.6 Å². The molecule has 0 aromatic carbocycles. The van der Waals surface area contributed by atoms with Crippen molar-refractivity contribution in [1.82, 2.24) is 9.59 Å². The van der Waals surface area contributed by atoms with Gasteiger partial charge in [0.15, 0.2) is 12.4 Å². The highest BCUT2D eigenvalue weighted by Crippen LogP contribution is 2.19. The van der Waals surface area contributed by atoms with Gasteiger partial charge in [0.25, 0.3) is 0 Å². The summed E-state index contributed by atoms with van der Waals surface area (Å²) in [4.78, 5) is 1.12. The van der Waals surface area contributed by atoms with Gasteiger partial charge in [-0.05, 0) is 11.5 Å². The van der Waals surface area contributed by atoms with E-state index in [9.17, 15) is 0 Å². The minimum atomic E-state index is 1.07. The lowest BCUT2D eigenvalue weighted by Crippen LogP contribution is -2.31. The number of hydrogen-bond acceptors (Lipinski definition) is 3. The highest BCUT2D eigenvalue weighted by Gasteiger charge is 2.03. The van der Waals surface area contributed by atoms with Gasteiger partial charge in [0.05, 0.1) is 11.1 Å². The van der Waals surface area contributed by atoms with Gasteiger partial charge < -0.3 is 0 Å². The molecule has 0 saturated carbocycles. The van der Waals surface area contributed by atoms with Crippen molar-refractivity contribution in [2.24, 2.45) is 0 Å². The van der Waals surface area contributed by atoms with Crippen LogP contribution < -0.4 is 4.57 Å². The average molecular weight is 206 g/mol. The van der Waals surface area contributed by atoms with Crippen LogP contribution in [-0.2, 0) is 6.54 Å². The van der Waals surface area contributed by atoms with Crippen molar-refractivity contribution in [3.8, 4) is 10.4 Å². The second-order valence-corrected chi connectivity index (χ2v) is 3.89. The number of aromatic nitrogens is 3. The molecule has 2 aromatic rings. The van der Waals surface area contributed by atoms with Crippen LogP contribution in [0.2, 0.25) is 0 Å². The van der Waals surface area contributed by atoms with Gasteiger partial charge in [0.1, 0.15) is 6.54 Å². The Morgan fingerprint density at radius 3 is 2.71 bits per heavy atom. The van der Waals surface area contributed by atoms with Crippen LogP contribution in [0, 0.1) is 0 Å². The first kappa shape index (κ1) is 9.27. The van der Waals surface area contributed by atoms with Crippen LogP contribution in [0.3, 0.4) is 0 Å². The van der Waals surface area contributed by atoms with Gasteiger partial charge in [-0.2, -0.15) is 0 Å². The Morgan fingerprint density at radius 1 is 1.36 bits per heavy atom. The maximum Gasteiger partial charge on any atom is 0.169 e. The van der Waals surface area contributed by atoms with E-state index in [0.717, 1.165) is 17.8 Å². The maximum absolute atomic E-state index is 3.84. The molecule has 3 nitrogen and oxygen atoms in total. The number of aryl methyl sites for hydroxylation is 1. The molecule has 72 valence electrons. The summed E-state index contributed by atoms with van der Waals surface area (Å²) in [5.74, 6) is 0. The van der Waals surface area contributed by atoms with Crippen LogP contribution in [0.5, 0.6) is 0 Å². The molecule has 0 atom stereocenters. The molecule has 14 heavy (non-hydrogen) atoms. The lowest BCUT2D eigenvalue weighted by Gasteiger charge is -1.95. The predicted octanol–water partition coefficient (Wildman–Crippen LogP) is 1.90. The minimum Gasteiger partial charge on any atom is -0.205 e. The summed E-state index contributed by atoms with van der Waals surface area (Å²) in [6, 6.07) is 4.20. The van der Waals surface area contributed by atoms with Crippen molar-refractivity contribution in [2.45, 2.75) is 19.9 Å². The molecule has 0 N–H and O–H groups in total. The minimum absolute atomic E-state index is 1.07. The Labute approximate surface area is 87.2 Å². The number of pyridine rings is 1. The first-order valence-electron chi connectivity index (χ1n) is 4.67. The Morgan fingerprint density at radius 2 is 2.14 bits per heavy atom. The third-order valence-corrected chi connectivity index (χ3v) is 2.73.